The molecule has 0 spiro atoms. The van der Waals surface area contributed by atoms with E-state index >= 15 is 0 Å². The van der Waals surface area contributed by atoms with Crippen molar-refractivity contribution < 1.29 is 9.90 Å². The summed E-state index contributed by atoms with van der Waals surface area (Å²) in [6.07, 6.45) is 2.35. The van der Waals surface area contributed by atoms with Gasteiger partial charge in [0.05, 0.1) is 6.61 Å². The summed E-state index contributed by atoms with van der Waals surface area (Å²) in [5.41, 5.74) is 0. The number of hydrogen-bond donors (Lipinski definition) is 2. The highest BCUT2D eigenvalue weighted by Crippen LogP contribution is 2.14. The molecule has 0 saturated carbocycles. The number of nitrogens with one attached hydrogen (secondary N) is 1. The van der Waals surface area contributed by atoms with Crippen LogP contribution in [0.2, 0.25) is 0 Å². The third-order valence-electron chi connectivity index (χ3n) is 2.66. The van der Waals surface area contributed by atoms with Crippen LogP contribution in [-0.2, 0) is 4.79 Å². The average molecular weight is 200 g/mol. The van der Waals surface area contributed by atoms with Gasteiger partial charge in [0, 0.05) is 26.6 Å². The molecule has 1 heterocycles. The Hall–Kier alpha value is -0.610. The maximum absolute atomic E-state index is 10.7. The number of nitrogens with zero attached hydrogens (tertiary/aromatic N) is 1. The zero-order valence-electron chi connectivity index (χ0n) is 8.83. The highest BCUT2D eigenvalue weighted by molar-refractivity contribution is 5.72. The van der Waals surface area contributed by atoms with Gasteiger partial charge in [0.15, 0.2) is 0 Å². The van der Waals surface area contributed by atoms with Crippen LogP contribution in [0.15, 0.2) is 0 Å². The van der Waals surface area contributed by atoms with Crippen molar-refractivity contribution in [3.05, 3.63) is 0 Å². The molecule has 1 aliphatic rings. The van der Waals surface area contributed by atoms with Gasteiger partial charge < -0.3 is 15.3 Å². The number of hydrogen-bond acceptors (Lipinski definition) is 3. The van der Waals surface area contributed by atoms with E-state index in [1.165, 1.54) is 12.8 Å². The van der Waals surface area contributed by atoms with Crippen LogP contribution in [0, 0.1) is 5.92 Å². The Morgan fingerprint density at radius 2 is 2.43 bits per heavy atom. The number of aliphatic hydroxyl groups is 1. The van der Waals surface area contributed by atoms with E-state index in [1.807, 2.05) is 0 Å². The summed E-state index contributed by atoms with van der Waals surface area (Å²) in [5, 5.41) is 11.7. The van der Waals surface area contributed by atoms with E-state index in [9.17, 15) is 4.79 Å². The van der Waals surface area contributed by atoms with Crippen molar-refractivity contribution in [3.8, 4) is 0 Å². The van der Waals surface area contributed by atoms with Crippen LogP contribution in [0.4, 0.5) is 0 Å². The van der Waals surface area contributed by atoms with Crippen molar-refractivity contribution >= 4 is 5.91 Å². The highest BCUT2D eigenvalue weighted by atomic mass is 16.3. The molecule has 4 heteroatoms. The monoisotopic (exact) mass is 200 g/mol. The summed E-state index contributed by atoms with van der Waals surface area (Å²) in [4.78, 5) is 13.0. The predicted molar refractivity (Wildman–Crippen MR) is 54.9 cm³/mol. The summed E-state index contributed by atoms with van der Waals surface area (Å²) >= 11 is 0. The fourth-order valence-electron chi connectivity index (χ4n) is 1.95. The molecule has 1 saturated heterocycles. The number of β-amino-alcohol motifs (C(OH)–C–C–N with tert-alkyl or cyclic N) is 1. The molecule has 82 valence electrons. The maximum Gasteiger partial charge on any atom is 0.216 e. The molecular weight excluding hydrogens is 180 g/mol. The van der Waals surface area contributed by atoms with Gasteiger partial charge in [-0.2, -0.15) is 0 Å². The molecule has 0 bridgehead atoms. The fraction of sp³-hybridized carbons (Fsp3) is 0.900. The zero-order valence-corrected chi connectivity index (χ0v) is 8.83. The molecule has 0 aliphatic carbocycles. The Bertz CT molecular complexity index is 183. The molecule has 14 heavy (non-hydrogen) atoms. The van der Waals surface area contributed by atoms with E-state index in [2.05, 4.69) is 10.2 Å². The van der Waals surface area contributed by atoms with E-state index in [1.54, 1.807) is 6.92 Å². The Morgan fingerprint density at radius 3 is 3.07 bits per heavy atom. The first kappa shape index (κ1) is 11.5. The summed E-state index contributed by atoms with van der Waals surface area (Å²) in [5.74, 6) is 0.600. The van der Waals surface area contributed by atoms with Crippen molar-refractivity contribution in [3.63, 3.8) is 0 Å². The van der Waals surface area contributed by atoms with E-state index in [-0.39, 0.29) is 12.5 Å². The molecule has 0 aromatic rings. The quantitative estimate of drug-likeness (QED) is 0.662. The molecular formula is C10H20N2O2. The first-order valence-electron chi connectivity index (χ1n) is 5.30. The minimum atomic E-state index is 0.0456. The van der Waals surface area contributed by atoms with Crippen molar-refractivity contribution in [2.75, 3.05) is 32.8 Å². The topological polar surface area (TPSA) is 52.6 Å². The Kier molecular flexibility index (Phi) is 4.90. The van der Waals surface area contributed by atoms with Gasteiger partial charge in [-0.05, 0) is 25.3 Å². The van der Waals surface area contributed by atoms with Crippen LogP contribution in [0.25, 0.3) is 0 Å². The summed E-state index contributed by atoms with van der Waals surface area (Å²) in [6, 6.07) is 0. The van der Waals surface area contributed by atoms with E-state index in [0.29, 0.717) is 5.92 Å². The number of carbonyl (C=O) groups is 1. The summed E-state index contributed by atoms with van der Waals surface area (Å²) < 4.78 is 0. The third-order valence-corrected chi connectivity index (χ3v) is 2.66. The first-order valence-corrected chi connectivity index (χ1v) is 5.30. The first-order chi connectivity index (χ1) is 6.72. The van der Waals surface area contributed by atoms with Crippen LogP contribution in [0.5, 0.6) is 0 Å². The van der Waals surface area contributed by atoms with Gasteiger partial charge in [-0.25, -0.2) is 0 Å². The van der Waals surface area contributed by atoms with Crippen LogP contribution in [0.1, 0.15) is 19.8 Å². The molecule has 1 rings (SSSR count). The van der Waals surface area contributed by atoms with Gasteiger partial charge in [-0.15, -0.1) is 0 Å². The zero-order chi connectivity index (χ0) is 10.4. The Balaban J connectivity index is 2.21. The summed E-state index contributed by atoms with van der Waals surface area (Å²) in [6.45, 7) is 5.40. The second-order valence-corrected chi connectivity index (χ2v) is 3.97. The normalized spacial score (nSPS) is 23.4. The van der Waals surface area contributed by atoms with Crippen LogP contribution >= 0.6 is 0 Å². The van der Waals surface area contributed by atoms with Crippen molar-refractivity contribution in [2.24, 2.45) is 5.92 Å². The Labute approximate surface area is 85.3 Å². The minimum Gasteiger partial charge on any atom is -0.395 e. The van der Waals surface area contributed by atoms with E-state index in [0.717, 1.165) is 26.2 Å². The van der Waals surface area contributed by atoms with Crippen LogP contribution < -0.4 is 5.32 Å². The second kappa shape index (κ2) is 5.98. The molecule has 1 amide bonds. The molecule has 4 nitrogen and oxygen atoms in total. The average Bonchev–Trinajstić information content (AvgIpc) is 2.16. The van der Waals surface area contributed by atoms with E-state index in [4.69, 9.17) is 5.11 Å². The lowest BCUT2D eigenvalue weighted by atomic mass is 9.98. The smallest absolute Gasteiger partial charge is 0.216 e. The molecule has 0 unspecified atom stereocenters. The van der Waals surface area contributed by atoms with Gasteiger partial charge in [-0.3, -0.25) is 4.79 Å². The SMILES string of the molecule is CC(=O)NC[C@H]1CCCN(CCO)C1. The lowest BCUT2D eigenvalue weighted by Gasteiger charge is -2.32. The highest BCUT2D eigenvalue weighted by Gasteiger charge is 2.19. The summed E-state index contributed by atoms with van der Waals surface area (Å²) in [7, 11) is 0. The molecule has 0 aromatic carbocycles. The molecule has 1 aliphatic heterocycles. The third kappa shape index (κ3) is 4.07. The second-order valence-electron chi connectivity index (χ2n) is 3.97. The number of aliphatic hydroxyl groups excluding tert-OH is 1. The van der Waals surface area contributed by atoms with Crippen LogP contribution in [0.3, 0.4) is 0 Å². The van der Waals surface area contributed by atoms with Gasteiger partial charge in [0.1, 0.15) is 0 Å². The van der Waals surface area contributed by atoms with Crippen LogP contribution in [-0.4, -0.2) is 48.7 Å². The largest absolute Gasteiger partial charge is 0.395 e. The molecule has 2 N–H and O–H groups in total. The van der Waals surface area contributed by atoms with Crippen molar-refractivity contribution in [1.29, 1.82) is 0 Å². The van der Waals surface area contributed by atoms with Gasteiger partial charge in [0.2, 0.25) is 5.91 Å². The number of rotatable bonds is 4. The molecule has 0 aromatic heterocycles. The molecule has 1 atom stereocenters. The maximum atomic E-state index is 10.7. The molecule has 1 fully saturated rings. The van der Waals surface area contributed by atoms with Gasteiger partial charge >= 0.3 is 0 Å². The Morgan fingerprint density at radius 1 is 1.64 bits per heavy atom. The minimum absolute atomic E-state index is 0.0456. The van der Waals surface area contributed by atoms with Crippen molar-refractivity contribution in [2.45, 2.75) is 19.8 Å². The molecule has 0 radical (unpaired) electrons. The lowest BCUT2D eigenvalue weighted by Crippen LogP contribution is -2.41. The number of likely N-dealkylation sites (tertiary alicyclic amines) is 1. The van der Waals surface area contributed by atoms with Gasteiger partial charge in [-0.1, -0.05) is 0 Å². The predicted octanol–water partition coefficient (Wildman–Crippen LogP) is -0.173. The fourth-order valence-corrected chi connectivity index (χ4v) is 1.95. The van der Waals surface area contributed by atoms with E-state index < -0.39 is 0 Å². The number of piperidine rings is 1. The number of amides is 1. The van der Waals surface area contributed by atoms with Gasteiger partial charge in [0.25, 0.3) is 0 Å². The standard InChI is InChI=1S/C10H20N2O2/c1-9(14)11-7-10-3-2-4-12(8-10)5-6-13/h10,13H,2-8H2,1H3,(H,11,14)/t10-/m1/s1. The lowest BCUT2D eigenvalue weighted by molar-refractivity contribution is -0.119. The number of carbonyl (C=O) groups excluding carboxylic acids is 1. The van der Waals surface area contributed by atoms with Crippen molar-refractivity contribution in [1.82, 2.24) is 10.2 Å².